The third kappa shape index (κ3) is 4.65. The van der Waals surface area contributed by atoms with Gasteiger partial charge in [-0.3, -0.25) is 9.59 Å². The highest BCUT2D eigenvalue weighted by molar-refractivity contribution is 7.98. The molecule has 1 aliphatic heterocycles. The molecule has 1 aliphatic rings. The van der Waals surface area contributed by atoms with Crippen LogP contribution in [0, 0.1) is 12.8 Å². The molecule has 0 bridgehead atoms. The Kier molecular flexibility index (Phi) is 6.32. The maximum Gasteiger partial charge on any atom is 0.308 e. The number of amides is 1. The van der Waals surface area contributed by atoms with E-state index in [1.807, 2.05) is 36.1 Å². The summed E-state index contributed by atoms with van der Waals surface area (Å²) in [5, 5.41) is 3.16. The maximum absolute atomic E-state index is 12.6. The Morgan fingerprint density at radius 3 is 2.54 bits per heavy atom. The van der Waals surface area contributed by atoms with E-state index in [0.29, 0.717) is 31.5 Å². The lowest BCUT2D eigenvalue weighted by molar-refractivity contribution is -0.146. The minimum absolute atomic E-state index is 0.0278. The molecular formula is C19H22N2O3S2. The summed E-state index contributed by atoms with van der Waals surface area (Å²) >= 11 is 3.38. The van der Waals surface area contributed by atoms with Crippen molar-refractivity contribution in [3.05, 3.63) is 45.9 Å². The van der Waals surface area contributed by atoms with Crippen molar-refractivity contribution in [3.63, 3.8) is 0 Å². The quantitative estimate of drug-likeness (QED) is 0.575. The Labute approximate surface area is 161 Å². The normalized spacial score (nSPS) is 15.1. The first-order valence-corrected chi connectivity index (χ1v) is 10.4. The number of carbonyl (C=O) groups is 2. The molecule has 0 aliphatic carbocycles. The van der Waals surface area contributed by atoms with Crippen LogP contribution in [0.2, 0.25) is 0 Å². The second kappa shape index (κ2) is 8.68. The van der Waals surface area contributed by atoms with Gasteiger partial charge in [-0.05, 0) is 44.0 Å². The highest BCUT2D eigenvalue weighted by atomic mass is 32.2. The summed E-state index contributed by atoms with van der Waals surface area (Å²) in [5.74, 6) is 0.601. The average Bonchev–Trinajstić information content (AvgIpc) is 3.11. The van der Waals surface area contributed by atoms with Crippen molar-refractivity contribution in [1.82, 2.24) is 9.88 Å². The van der Waals surface area contributed by atoms with E-state index in [0.717, 1.165) is 21.3 Å². The molecule has 3 rings (SSSR count). The predicted molar refractivity (Wildman–Crippen MR) is 103 cm³/mol. The molecule has 1 aromatic carbocycles. The van der Waals surface area contributed by atoms with E-state index < -0.39 is 0 Å². The summed E-state index contributed by atoms with van der Waals surface area (Å²) < 4.78 is 4.79. The first kappa shape index (κ1) is 18.9. The summed E-state index contributed by atoms with van der Waals surface area (Å²) in [6.45, 7) is 3.20. The monoisotopic (exact) mass is 390 g/mol. The number of piperidine rings is 1. The number of aromatic nitrogens is 1. The maximum atomic E-state index is 12.6. The first-order valence-electron chi connectivity index (χ1n) is 8.58. The number of aryl methyl sites for hydroxylation is 1. The number of ether oxygens (including phenoxy) is 1. The summed E-state index contributed by atoms with van der Waals surface area (Å²) in [4.78, 5) is 31.6. The zero-order valence-electron chi connectivity index (χ0n) is 14.9. The molecular weight excluding hydrogens is 368 g/mol. The van der Waals surface area contributed by atoms with Gasteiger partial charge in [0.15, 0.2) is 0 Å². The van der Waals surface area contributed by atoms with Gasteiger partial charge < -0.3 is 9.64 Å². The van der Waals surface area contributed by atoms with Gasteiger partial charge in [0, 0.05) is 34.7 Å². The van der Waals surface area contributed by atoms with Gasteiger partial charge in [0.05, 0.1) is 23.7 Å². The number of methoxy groups -OCH3 is 1. The summed E-state index contributed by atoms with van der Waals surface area (Å²) in [5.41, 5.74) is 1.78. The fourth-order valence-corrected chi connectivity index (χ4v) is 4.50. The molecule has 2 heterocycles. The zero-order valence-corrected chi connectivity index (χ0v) is 16.6. The van der Waals surface area contributed by atoms with E-state index in [2.05, 4.69) is 10.4 Å². The Bertz CT molecular complexity index is 765. The Morgan fingerprint density at radius 1 is 1.27 bits per heavy atom. The number of thiazole rings is 1. The van der Waals surface area contributed by atoms with Crippen LogP contribution in [0.3, 0.4) is 0 Å². The molecule has 2 aromatic rings. The van der Waals surface area contributed by atoms with Crippen molar-refractivity contribution in [3.8, 4) is 0 Å². The minimum atomic E-state index is -0.172. The van der Waals surface area contributed by atoms with Crippen molar-refractivity contribution in [2.45, 2.75) is 30.4 Å². The number of benzene rings is 1. The number of hydrogen-bond donors (Lipinski definition) is 0. The van der Waals surface area contributed by atoms with Crippen LogP contribution in [0.1, 0.15) is 33.9 Å². The third-order valence-corrected chi connectivity index (χ3v) is 6.34. The molecule has 1 amide bonds. The van der Waals surface area contributed by atoms with Crippen molar-refractivity contribution >= 4 is 35.0 Å². The summed E-state index contributed by atoms with van der Waals surface area (Å²) in [6, 6.07) is 7.73. The van der Waals surface area contributed by atoms with Crippen molar-refractivity contribution in [2.24, 2.45) is 5.92 Å². The molecule has 0 unspecified atom stereocenters. The average molecular weight is 391 g/mol. The van der Waals surface area contributed by atoms with Gasteiger partial charge in [-0.1, -0.05) is 0 Å². The SMILES string of the molecule is COC(=O)C1CCN(C(=O)c2ccc(SCc3csc(C)n3)cc2)CC1. The molecule has 0 spiro atoms. The van der Waals surface area contributed by atoms with Crippen molar-refractivity contribution < 1.29 is 14.3 Å². The zero-order chi connectivity index (χ0) is 18.5. The van der Waals surface area contributed by atoms with Crippen LogP contribution in [0.25, 0.3) is 0 Å². The fraction of sp³-hybridized carbons (Fsp3) is 0.421. The number of rotatable bonds is 5. The van der Waals surface area contributed by atoms with E-state index >= 15 is 0 Å². The lowest BCUT2D eigenvalue weighted by atomic mass is 9.96. The number of hydrogen-bond acceptors (Lipinski definition) is 6. The van der Waals surface area contributed by atoms with E-state index in [4.69, 9.17) is 4.74 Å². The topological polar surface area (TPSA) is 59.5 Å². The Balaban J connectivity index is 1.53. The van der Waals surface area contributed by atoms with Crippen molar-refractivity contribution in [1.29, 1.82) is 0 Å². The molecule has 1 aromatic heterocycles. The van der Waals surface area contributed by atoms with E-state index in [1.54, 1.807) is 23.1 Å². The van der Waals surface area contributed by atoms with Gasteiger partial charge in [0.1, 0.15) is 0 Å². The Hall–Kier alpha value is -1.86. The van der Waals surface area contributed by atoms with E-state index in [9.17, 15) is 9.59 Å². The molecule has 26 heavy (non-hydrogen) atoms. The molecule has 7 heteroatoms. The number of likely N-dealkylation sites (tertiary alicyclic amines) is 1. The third-order valence-electron chi connectivity index (χ3n) is 4.47. The number of esters is 1. The largest absolute Gasteiger partial charge is 0.469 e. The van der Waals surface area contributed by atoms with Crippen LogP contribution in [0.4, 0.5) is 0 Å². The molecule has 1 fully saturated rings. The molecule has 0 radical (unpaired) electrons. The standard InChI is InChI=1S/C19H22N2O3S2/c1-13-20-16(11-25-13)12-26-17-5-3-14(4-6-17)18(22)21-9-7-15(8-10-21)19(23)24-2/h3-6,11,15H,7-10,12H2,1-2H3. The second-order valence-electron chi connectivity index (χ2n) is 6.26. The number of carbonyl (C=O) groups excluding carboxylic acids is 2. The second-order valence-corrected chi connectivity index (χ2v) is 8.37. The van der Waals surface area contributed by atoms with E-state index in [-0.39, 0.29) is 17.8 Å². The number of thioether (sulfide) groups is 1. The fourth-order valence-electron chi connectivity index (χ4n) is 2.99. The van der Waals surface area contributed by atoms with E-state index in [1.165, 1.54) is 7.11 Å². The summed E-state index contributed by atoms with van der Waals surface area (Å²) in [7, 11) is 1.41. The van der Waals surface area contributed by atoms with Crippen molar-refractivity contribution in [2.75, 3.05) is 20.2 Å². The lowest BCUT2D eigenvalue weighted by Crippen LogP contribution is -2.40. The van der Waals surface area contributed by atoms with Crippen LogP contribution in [0.15, 0.2) is 34.5 Å². The van der Waals surface area contributed by atoms with Crippen LogP contribution >= 0.6 is 23.1 Å². The molecule has 0 N–H and O–H groups in total. The lowest BCUT2D eigenvalue weighted by Gasteiger charge is -2.30. The van der Waals surface area contributed by atoms with Gasteiger partial charge >= 0.3 is 5.97 Å². The summed E-state index contributed by atoms with van der Waals surface area (Å²) in [6.07, 6.45) is 1.33. The molecule has 1 saturated heterocycles. The van der Waals surface area contributed by atoms with Crippen LogP contribution in [-0.2, 0) is 15.3 Å². The molecule has 5 nitrogen and oxygen atoms in total. The van der Waals surface area contributed by atoms with Gasteiger partial charge in [-0.2, -0.15) is 0 Å². The predicted octanol–water partition coefficient (Wildman–Crippen LogP) is 3.77. The van der Waals surface area contributed by atoms with Gasteiger partial charge in [-0.25, -0.2) is 4.98 Å². The highest BCUT2D eigenvalue weighted by Gasteiger charge is 2.28. The molecule has 138 valence electrons. The van der Waals surface area contributed by atoms with Crippen LogP contribution in [-0.4, -0.2) is 42.0 Å². The van der Waals surface area contributed by atoms with Gasteiger partial charge in [0.2, 0.25) is 0 Å². The number of nitrogens with zero attached hydrogens (tertiary/aromatic N) is 2. The van der Waals surface area contributed by atoms with Gasteiger partial charge in [-0.15, -0.1) is 23.1 Å². The first-order chi connectivity index (χ1) is 12.6. The van der Waals surface area contributed by atoms with Crippen LogP contribution < -0.4 is 0 Å². The van der Waals surface area contributed by atoms with Crippen LogP contribution in [0.5, 0.6) is 0 Å². The minimum Gasteiger partial charge on any atom is -0.469 e. The molecule has 0 saturated carbocycles. The Morgan fingerprint density at radius 2 is 1.96 bits per heavy atom. The smallest absolute Gasteiger partial charge is 0.308 e. The molecule has 0 atom stereocenters. The van der Waals surface area contributed by atoms with Gasteiger partial charge in [0.25, 0.3) is 5.91 Å². The highest BCUT2D eigenvalue weighted by Crippen LogP contribution is 2.25.